The number of aromatic nitrogens is 2. The quantitative estimate of drug-likeness (QED) is 0.738. The molecular formula is C12H21BrN2O3. The summed E-state index contributed by atoms with van der Waals surface area (Å²) in [5.74, 6) is 0. The fraction of sp³-hybridized carbons (Fsp3) is 0.750. The van der Waals surface area contributed by atoms with Crippen LogP contribution in [0, 0.1) is 6.92 Å². The van der Waals surface area contributed by atoms with Gasteiger partial charge in [0.05, 0.1) is 41.8 Å². The van der Waals surface area contributed by atoms with Crippen LogP contribution in [0.5, 0.6) is 0 Å². The molecule has 0 aliphatic carbocycles. The van der Waals surface area contributed by atoms with Crippen LogP contribution >= 0.6 is 15.9 Å². The van der Waals surface area contributed by atoms with Gasteiger partial charge in [0.15, 0.2) is 0 Å². The molecule has 1 unspecified atom stereocenters. The molecule has 1 heterocycles. The third kappa shape index (κ3) is 4.35. The molecule has 1 aromatic heterocycles. The van der Waals surface area contributed by atoms with Gasteiger partial charge < -0.3 is 14.6 Å². The van der Waals surface area contributed by atoms with Gasteiger partial charge in [-0.15, -0.1) is 0 Å². The Morgan fingerprint density at radius 3 is 2.78 bits per heavy atom. The minimum absolute atomic E-state index is 0.309. The van der Waals surface area contributed by atoms with Crippen LogP contribution in [0.15, 0.2) is 4.47 Å². The van der Waals surface area contributed by atoms with Gasteiger partial charge in [-0.05, 0) is 29.8 Å². The van der Waals surface area contributed by atoms with E-state index in [1.807, 2.05) is 18.5 Å². The van der Waals surface area contributed by atoms with E-state index in [2.05, 4.69) is 21.0 Å². The lowest BCUT2D eigenvalue weighted by atomic mass is 10.2. The fourth-order valence-corrected chi connectivity index (χ4v) is 2.15. The van der Waals surface area contributed by atoms with Crippen molar-refractivity contribution in [1.82, 2.24) is 9.78 Å². The molecule has 1 atom stereocenters. The summed E-state index contributed by atoms with van der Waals surface area (Å²) in [6, 6.07) is 0. The lowest BCUT2D eigenvalue weighted by Crippen LogP contribution is -2.21. The van der Waals surface area contributed by atoms with Gasteiger partial charge >= 0.3 is 0 Å². The van der Waals surface area contributed by atoms with E-state index < -0.39 is 6.10 Å². The molecule has 1 aromatic rings. The van der Waals surface area contributed by atoms with Crippen molar-refractivity contribution in [3.8, 4) is 0 Å². The highest BCUT2D eigenvalue weighted by Crippen LogP contribution is 2.22. The summed E-state index contributed by atoms with van der Waals surface area (Å²) in [6.07, 6.45) is 0.00182. The molecule has 0 bridgehead atoms. The Labute approximate surface area is 116 Å². The minimum atomic E-state index is -0.528. The SMILES string of the molecule is CCn1nc(C)c(Br)c1CC(O)COCCOC. The summed E-state index contributed by atoms with van der Waals surface area (Å²) < 4.78 is 13.1. The molecule has 0 fully saturated rings. The maximum atomic E-state index is 9.93. The Balaban J connectivity index is 2.50. The molecule has 0 aliphatic rings. The van der Waals surface area contributed by atoms with Gasteiger partial charge in [0.25, 0.3) is 0 Å². The van der Waals surface area contributed by atoms with Crippen LogP contribution in [-0.4, -0.2) is 47.9 Å². The van der Waals surface area contributed by atoms with E-state index in [9.17, 15) is 5.11 Å². The summed E-state index contributed by atoms with van der Waals surface area (Å²) in [5.41, 5.74) is 1.96. The third-order valence-electron chi connectivity index (χ3n) is 2.62. The number of halogens is 1. The van der Waals surface area contributed by atoms with Gasteiger partial charge in [-0.2, -0.15) is 5.10 Å². The van der Waals surface area contributed by atoms with Crippen molar-refractivity contribution in [2.24, 2.45) is 0 Å². The average molecular weight is 321 g/mol. The highest BCUT2D eigenvalue weighted by atomic mass is 79.9. The van der Waals surface area contributed by atoms with Crippen LogP contribution in [0.3, 0.4) is 0 Å². The summed E-state index contributed by atoms with van der Waals surface area (Å²) in [5, 5.41) is 14.3. The largest absolute Gasteiger partial charge is 0.390 e. The van der Waals surface area contributed by atoms with Crippen LogP contribution < -0.4 is 0 Å². The maximum absolute atomic E-state index is 9.93. The number of nitrogens with zero attached hydrogens (tertiary/aromatic N) is 2. The Morgan fingerprint density at radius 1 is 1.44 bits per heavy atom. The second-order valence-electron chi connectivity index (χ2n) is 4.09. The molecule has 0 radical (unpaired) electrons. The van der Waals surface area contributed by atoms with Crippen molar-refractivity contribution in [3.05, 3.63) is 15.9 Å². The van der Waals surface area contributed by atoms with Crippen molar-refractivity contribution < 1.29 is 14.6 Å². The predicted molar refractivity (Wildman–Crippen MR) is 72.7 cm³/mol. The van der Waals surface area contributed by atoms with Gasteiger partial charge in [-0.3, -0.25) is 4.68 Å². The Morgan fingerprint density at radius 2 is 2.17 bits per heavy atom. The standard InChI is InChI=1S/C12H21BrN2O3/c1-4-15-11(12(13)9(2)14-15)7-10(16)8-18-6-5-17-3/h10,16H,4-8H2,1-3H3. The molecule has 0 amide bonds. The molecule has 18 heavy (non-hydrogen) atoms. The van der Waals surface area contributed by atoms with E-state index in [0.29, 0.717) is 26.2 Å². The molecule has 0 saturated heterocycles. The van der Waals surface area contributed by atoms with E-state index in [-0.39, 0.29) is 0 Å². The molecule has 1 rings (SSSR count). The summed E-state index contributed by atoms with van der Waals surface area (Å²) >= 11 is 3.51. The fourth-order valence-electron chi connectivity index (χ4n) is 1.71. The first kappa shape index (κ1) is 15.6. The first-order chi connectivity index (χ1) is 8.60. The topological polar surface area (TPSA) is 56.5 Å². The van der Waals surface area contributed by atoms with E-state index in [4.69, 9.17) is 9.47 Å². The van der Waals surface area contributed by atoms with Crippen molar-refractivity contribution in [1.29, 1.82) is 0 Å². The minimum Gasteiger partial charge on any atom is -0.390 e. The zero-order chi connectivity index (χ0) is 13.5. The number of aliphatic hydroxyl groups excluding tert-OH is 1. The van der Waals surface area contributed by atoms with Gasteiger partial charge in [0.1, 0.15) is 0 Å². The predicted octanol–water partition coefficient (Wildman–Crippen LogP) is 1.54. The molecule has 0 aromatic carbocycles. The van der Waals surface area contributed by atoms with Gasteiger partial charge in [0, 0.05) is 20.1 Å². The maximum Gasteiger partial charge on any atom is 0.0829 e. The molecule has 0 spiro atoms. The molecule has 5 nitrogen and oxygen atoms in total. The smallest absolute Gasteiger partial charge is 0.0829 e. The Hall–Kier alpha value is -0.430. The lowest BCUT2D eigenvalue weighted by molar-refractivity contribution is 0.0130. The van der Waals surface area contributed by atoms with Crippen LogP contribution in [0.4, 0.5) is 0 Å². The molecule has 104 valence electrons. The van der Waals surface area contributed by atoms with Crippen molar-refractivity contribution in [3.63, 3.8) is 0 Å². The van der Waals surface area contributed by atoms with Crippen LogP contribution in [0.25, 0.3) is 0 Å². The normalized spacial score (nSPS) is 12.9. The number of rotatable bonds is 8. The first-order valence-electron chi connectivity index (χ1n) is 6.06. The molecule has 0 saturated carbocycles. The first-order valence-corrected chi connectivity index (χ1v) is 6.86. The second kappa shape index (κ2) is 7.89. The molecule has 6 heteroatoms. The average Bonchev–Trinajstić information content (AvgIpc) is 2.62. The number of aryl methyl sites for hydroxylation is 2. The van der Waals surface area contributed by atoms with Crippen molar-refractivity contribution in [2.45, 2.75) is 32.9 Å². The van der Waals surface area contributed by atoms with Crippen LogP contribution in [-0.2, 0) is 22.4 Å². The van der Waals surface area contributed by atoms with Gasteiger partial charge in [0.2, 0.25) is 0 Å². The molecular weight excluding hydrogens is 300 g/mol. The van der Waals surface area contributed by atoms with E-state index in [0.717, 1.165) is 22.4 Å². The highest BCUT2D eigenvalue weighted by Gasteiger charge is 2.16. The number of hydrogen-bond acceptors (Lipinski definition) is 4. The zero-order valence-corrected chi connectivity index (χ0v) is 12.7. The molecule has 1 N–H and O–H groups in total. The van der Waals surface area contributed by atoms with E-state index in [1.165, 1.54) is 0 Å². The molecule has 0 aliphatic heterocycles. The summed E-state index contributed by atoms with van der Waals surface area (Å²) in [6.45, 7) is 6.12. The number of methoxy groups -OCH3 is 1. The lowest BCUT2D eigenvalue weighted by Gasteiger charge is -2.12. The van der Waals surface area contributed by atoms with Crippen molar-refractivity contribution in [2.75, 3.05) is 26.9 Å². The van der Waals surface area contributed by atoms with Crippen LogP contribution in [0.2, 0.25) is 0 Å². The van der Waals surface area contributed by atoms with E-state index >= 15 is 0 Å². The van der Waals surface area contributed by atoms with Crippen LogP contribution in [0.1, 0.15) is 18.3 Å². The Bertz CT molecular complexity index is 368. The van der Waals surface area contributed by atoms with Gasteiger partial charge in [-0.1, -0.05) is 0 Å². The van der Waals surface area contributed by atoms with E-state index in [1.54, 1.807) is 7.11 Å². The number of hydrogen-bond donors (Lipinski definition) is 1. The number of ether oxygens (including phenoxy) is 2. The Kier molecular flexibility index (Phi) is 6.85. The zero-order valence-electron chi connectivity index (χ0n) is 11.1. The number of aliphatic hydroxyl groups is 1. The third-order valence-corrected chi connectivity index (χ3v) is 3.66. The summed E-state index contributed by atoms with van der Waals surface area (Å²) in [4.78, 5) is 0. The summed E-state index contributed by atoms with van der Waals surface area (Å²) in [7, 11) is 1.62. The van der Waals surface area contributed by atoms with Crippen molar-refractivity contribution >= 4 is 15.9 Å². The highest BCUT2D eigenvalue weighted by molar-refractivity contribution is 9.10. The monoisotopic (exact) mass is 320 g/mol. The second-order valence-corrected chi connectivity index (χ2v) is 4.88. The van der Waals surface area contributed by atoms with Gasteiger partial charge in [-0.25, -0.2) is 0 Å².